The molecule has 1 saturated carbocycles. The minimum absolute atomic E-state index is 0.0277. The van der Waals surface area contributed by atoms with Gasteiger partial charge in [-0.2, -0.15) is 0 Å². The van der Waals surface area contributed by atoms with Gasteiger partial charge in [-0.3, -0.25) is 9.69 Å². The van der Waals surface area contributed by atoms with Crippen LogP contribution in [-0.2, 0) is 10.2 Å². The van der Waals surface area contributed by atoms with Crippen LogP contribution < -0.4 is 9.64 Å². The lowest BCUT2D eigenvalue weighted by molar-refractivity contribution is -0.118. The number of piperidine rings is 1. The van der Waals surface area contributed by atoms with E-state index >= 15 is 0 Å². The lowest BCUT2D eigenvalue weighted by Crippen LogP contribution is -2.65. The summed E-state index contributed by atoms with van der Waals surface area (Å²) in [4.78, 5) is 17.4. The Morgan fingerprint density at radius 2 is 2.11 bits per heavy atom. The Bertz CT molecular complexity index is 809. The van der Waals surface area contributed by atoms with Gasteiger partial charge in [-0.1, -0.05) is 13.0 Å². The van der Waals surface area contributed by atoms with Crippen molar-refractivity contribution < 1.29 is 14.6 Å². The van der Waals surface area contributed by atoms with Crippen molar-refractivity contribution in [2.45, 2.75) is 69.9 Å². The molecule has 0 bridgehead atoms. The zero-order chi connectivity index (χ0) is 19.0. The Kier molecular flexibility index (Phi) is 3.62. The molecule has 4 aliphatic rings. The van der Waals surface area contributed by atoms with Crippen molar-refractivity contribution in [3.63, 3.8) is 0 Å². The fourth-order valence-electron chi connectivity index (χ4n) is 7.40. The second-order valence-electron chi connectivity index (χ2n) is 9.00. The topological polar surface area (TPSA) is 53.0 Å². The zero-order valence-corrected chi connectivity index (χ0v) is 16.6. The number of rotatable bonds is 2. The van der Waals surface area contributed by atoms with Crippen LogP contribution in [0.15, 0.2) is 12.1 Å². The van der Waals surface area contributed by atoms with Gasteiger partial charge in [-0.25, -0.2) is 0 Å². The van der Waals surface area contributed by atoms with Crippen molar-refractivity contribution in [2.75, 3.05) is 25.1 Å². The monoisotopic (exact) mass is 370 g/mol. The van der Waals surface area contributed by atoms with E-state index in [-0.39, 0.29) is 23.1 Å². The summed E-state index contributed by atoms with van der Waals surface area (Å²) in [5.74, 6) is 0.612. The number of fused-ring (bicyclic) bond motifs is 1. The number of hydrogen-bond acceptors (Lipinski definition) is 4. The summed E-state index contributed by atoms with van der Waals surface area (Å²) < 4.78 is 5.38. The summed E-state index contributed by atoms with van der Waals surface area (Å²) in [6.45, 7) is 6.25. The van der Waals surface area contributed by atoms with Crippen LogP contribution in [0.4, 0.5) is 5.69 Å². The largest absolute Gasteiger partial charge is 0.503 e. The summed E-state index contributed by atoms with van der Waals surface area (Å²) >= 11 is 0. The molecule has 5 heteroatoms. The van der Waals surface area contributed by atoms with E-state index in [0.717, 1.165) is 19.4 Å². The van der Waals surface area contributed by atoms with E-state index < -0.39 is 0 Å². The van der Waals surface area contributed by atoms with Gasteiger partial charge >= 0.3 is 0 Å². The molecule has 3 heterocycles. The minimum Gasteiger partial charge on any atom is -0.503 e. The van der Waals surface area contributed by atoms with Crippen molar-refractivity contribution in [2.24, 2.45) is 5.41 Å². The van der Waals surface area contributed by atoms with Crippen LogP contribution in [0.2, 0.25) is 0 Å². The number of anilines is 1. The molecule has 146 valence electrons. The molecular weight excluding hydrogens is 340 g/mol. The maximum absolute atomic E-state index is 12.8. The second kappa shape index (κ2) is 5.63. The molecule has 2 saturated heterocycles. The highest BCUT2D eigenvalue weighted by Crippen LogP contribution is 2.67. The van der Waals surface area contributed by atoms with E-state index in [2.05, 4.69) is 17.9 Å². The third kappa shape index (κ3) is 1.91. The predicted octanol–water partition coefficient (Wildman–Crippen LogP) is 3.43. The minimum atomic E-state index is -0.0561. The predicted molar refractivity (Wildman–Crippen MR) is 104 cm³/mol. The van der Waals surface area contributed by atoms with E-state index in [4.69, 9.17) is 4.74 Å². The Balaban J connectivity index is 1.77. The van der Waals surface area contributed by atoms with Crippen LogP contribution in [0.25, 0.3) is 0 Å². The number of ether oxygens (including phenoxy) is 1. The number of carbonyl (C=O) groups is 1. The fourth-order valence-corrected chi connectivity index (χ4v) is 7.40. The molecule has 1 amide bonds. The van der Waals surface area contributed by atoms with Gasteiger partial charge in [0.2, 0.25) is 5.91 Å². The number of benzene rings is 1. The first kappa shape index (κ1) is 17.4. The highest BCUT2D eigenvalue weighted by Gasteiger charge is 2.68. The third-order valence-electron chi connectivity index (χ3n) is 8.31. The number of phenolic OH excluding ortho intramolecular Hbond substituents is 1. The Labute approximate surface area is 161 Å². The quantitative estimate of drug-likeness (QED) is 0.867. The maximum atomic E-state index is 12.8. The van der Waals surface area contributed by atoms with Crippen LogP contribution in [0.1, 0.15) is 57.9 Å². The highest BCUT2D eigenvalue weighted by atomic mass is 16.5. The molecule has 1 aromatic rings. The standard InChI is InChI=1S/C22H30N2O3/c1-4-21-9-5-12-23-13-11-22(20(21)23)15-6-7-16(27-3)19(26)18(15)24(14(2)25)17(22)8-10-21/h6-7,17,20,26H,4-5,8-13H2,1-3H3/t17-,20+,21+,22-/m1/s1. The Hall–Kier alpha value is -1.75. The normalized spacial score (nSPS) is 36.9. The first-order valence-electron chi connectivity index (χ1n) is 10.4. The molecule has 5 nitrogen and oxygen atoms in total. The molecule has 0 unspecified atom stereocenters. The van der Waals surface area contributed by atoms with Gasteiger partial charge in [0.05, 0.1) is 12.8 Å². The van der Waals surface area contributed by atoms with Crippen molar-refractivity contribution in [3.05, 3.63) is 17.7 Å². The van der Waals surface area contributed by atoms with Crippen molar-refractivity contribution >= 4 is 11.6 Å². The zero-order valence-electron chi connectivity index (χ0n) is 16.6. The van der Waals surface area contributed by atoms with Crippen LogP contribution in [0.5, 0.6) is 11.5 Å². The highest BCUT2D eigenvalue weighted by molar-refractivity contribution is 5.98. The molecule has 27 heavy (non-hydrogen) atoms. The molecule has 0 aromatic heterocycles. The average molecular weight is 370 g/mol. The van der Waals surface area contributed by atoms with Crippen LogP contribution in [0, 0.1) is 5.41 Å². The van der Waals surface area contributed by atoms with E-state index in [9.17, 15) is 9.90 Å². The fraction of sp³-hybridized carbons (Fsp3) is 0.682. The van der Waals surface area contributed by atoms with Gasteiger partial charge in [-0.15, -0.1) is 0 Å². The number of phenols is 1. The van der Waals surface area contributed by atoms with E-state index in [1.165, 1.54) is 37.8 Å². The summed E-state index contributed by atoms with van der Waals surface area (Å²) in [7, 11) is 1.57. The summed E-state index contributed by atoms with van der Waals surface area (Å²) in [6, 6.07) is 4.64. The van der Waals surface area contributed by atoms with E-state index in [1.807, 2.05) is 11.0 Å². The molecular formula is C22H30N2O3. The SMILES string of the molecule is CC[C@]12CCCN3CC[C@]4(c5ccc(OC)c(O)c5N(C(C)=O)[C@@H]4CC1)[C@@H]32. The lowest BCUT2D eigenvalue weighted by atomic mass is 9.52. The van der Waals surface area contributed by atoms with Crippen LogP contribution in [-0.4, -0.2) is 48.2 Å². The Morgan fingerprint density at radius 1 is 1.30 bits per heavy atom. The molecule has 1 aliphatic carbocycles. The summed E-state index contributed by atoms with van der Waals surface area (Å²) in [5, 5.41) is 11.0. The number of methoxy groups -OCH3 is 1. The maximum Gasteiger partial charge on any atom is 0.224 e. The van der Waals surface area contributed by atoms with Crippen molar-refractivity contribution in [3.8, 4) is 11.5 Å². The van der Waals surface area contributed by atoms with E-state index in [1.54, 1.807) is 14.0 Å². The molecule has 1 aromatic carbocycles. The molecule has 3 fully saturated rings. The van der Waals surface area contributed by atoms with Gasteiger partial charge in [0.25, 0.3) is 0 Å². The van der Waals surface area contributed by atoms with Gasteiger partial charge in [-0.05, 0) is 68.7 Å². The molecule has 1 spiro atoms. The van der Waals surface area contributed by atoms with Gasteiger partial charge in [0, 0.05) is 24.4 Å². The first-order chi connectivity index (χ1) is 13.0. The first-order valence-corrected chi connectivity index (χ1v) is 10.4. The Morgan fingerprint density at radius 3 is 2.81 bits per heavy atom. The van der Waals surface area contributed by atoms with Crippen molar-refractivity contribution in [1.82, 2.24) is 4.90 Å². The average Bonchev–Trinajstić information content (AvgIpc) is 3.20. The number of amides is 1. The molecule has 1 N–H and O–H groups in total. The van der Waals surface area contributed by atoms with Crippen LogP contribution >= 0.6 is 0 Å². The lowest BCUT2D eigenvalue weighted by Gasteiger charge is -2.58. The van der Waals surface area contributed by atoms with Crippen LogP contribution in [0.3, 0.4) is 0 Å². The number of hydrogen-bond donors (Lipinski definition) is 1. The third-order valence-corrected chi connectivity index (χ3v) is 8.31. The smallest absolute Gasteiger partial charge is 0.224 e. The van der Waals surface area contributed by atoms with Crippen molar-refractivity contribution in [1.29, 1.82) is 0 Å². The molecule has 4 atom stereocenters. The summed E-state index contributed by atoms with van der Waals surface area (Å²) in [5.41, 5.74) is 2.17. The molecule has 3 aliphatic heterocycles. The molecule has 5 rings (SSSR count). The number of carbonyl (C=O) groups excluding carboxylic acids is 1. The number of aromatic hydroxyl groups is 1. The second-order valence-corrected chi connectivity index (χ2v) is 9.00. The van der Waals surface area contributed by atoms with E-state index in [0.29, 0.717) is 22.9 Å². The van der Waals surface area contributed by atoms with Gasteiger partial charge in [0.1, 0.15) is 0 Å². The molecule has 0 radical (unpaired) electrons. The number of nitrogens with zero attached hydrogens (tertiary/aromatic N) is 2. The summed E-state index contributed by atoms with van der Waals surface area (Å²) in [6.07, 6.45) is 7.03. The van der Waals surface area contributed by atoms with Gasteiger partial charge in [0.15, 0.2) is 11.5 Å². The van der Waals surface area contributed by atoms with Gasteiger partial charge < -0.3 is 14.7 Å².